The number of hydrogen-bond donors (Lipinski definition) is 2. The quantitative estimate of drug-likeness (QED) is 0.677. The van der Waals surface area contributed by atoms with Crippen LogP contribution in [0.5, 0.6) is 0 Å². The number of likely N-dealkylation sites (tertiary alicyclic amines) is 1. The monoisotopic (exact) mass is 186 g/mol. The molecule has 1 heterocycles. The molecule has 0 spiro atoms. The van der Waals surface area contributed by atoms with E-state index in [1.807, 2.05) is 0 Å². The highest BCUT2D eigenvalue weighted by atomic mass is 16.3. The van der Waals surface area contributed by atoms with Crippen LogP contribution in [0.3, 0.4) is 0 Å². The minimum atomic E-state index is -0.303. The van der Waals surface area contributed by atoms with Crippen LogP contribution < -0.4 is 5.73 Å². The van der Waals surface area contributed by atoms with Crippen molar-refractivity contribution >= 4 is 0 Å². The van der Waals surface area contributed by atoms with Crippen molar-refractivity contribution in [3.05, 3.63) is 0 Å². The molecule has 3 heteroatoms. The van der Waals surface area contributed by atoms with Gasteiger partial charge in [-0.25, -0.2) is 0 Å². The zero-order valence-corrected chi connectivity index (χ0v) is 8.63. The van der Waals surface area contributed by atoms with Crippen LogP contribution in [-0.4, -0.2) is 41.8 Å². The summed E-state index contributed by atoms with van der Waals surface area (Å²) in [4.78, 5) is 2.45. The zero-order valence-electron chi connectivity index (χ0n) is 8.63. The van der Waals surface area contributed by atoms with Gasteiger partial charge in [0.05, 0.1) is 6.61 Å². The molecule has 0 aliphatic carbocycles. The van der Waals surface area contributed by atoms with Crippen LogP contribution >= 0.6 is 0 Å². The van der Waals surface area contributed by atoms with Crippen molar-refractivity contribution in [3.63, 3.8) is 0 Å². The second kappa shape index (κ2) is 4.94. The normalized spacial score (nSPS) is 31.6. The average molecular weight is 186 g/mol. The summed E-state index contributed by atoms with van der Waals surface area (Å²) < 4.78 is 0. The van der Waals surface area contributed by atoms with Crippen molar-refractivity contribution in [3.8, 4) is 0 Å². The second-order valence-corrected chi connectivity index (χ2v) is 4.22. The van der Waals surface area contributed by atoms with E-state index < -0.39 is 0 Å². The van der Waals surface area contributed by atoms with Crippen LogP contribution in [0, 0.1) is 0 Å². The van der Waals surface area contributed by atoms with Crippen LogP contribution in [0.1, 0.15) is 32.6 Å². The van der Waals surface area contributed by atoms with Gasteiger partial charge < -0.3 is 15.7 Å². The van der Waals surface area contributed by atoms with Gasteiger partial charge in [-0.3, -0.25) is 0 Å². The summed E-state index contributed by atoms with van der Waals surface area (Å²) in [7, 11) is 0. The van der Waals surface area contributed by atoms with E-state index >= 15 is 0 Å². The second-order valence-electron chi connectivity index (χ2n) is 4.22. The summed E-state index contributed by atoms with van der Waals surface area (Å²) in [6.45, 7) is 5.69. The van der Waals surface area contributed by atoms with Gasteiger partial charge in [-0.05, 0) is 45.3 Å². The van der Waals surface area contributed by atoms with E-state index in [1.54, 1.807) is 0 Å². The van der Waals surface area contributed by atoms with E-state index in [4.69, 9.17) is 10.8 Å². The van der Waals surface area contributed by atoms with Crippen molar-refractivity contribution < 1.29 is 5.11 Å². The maximum Gasteiger partial charge on any atom is 0.0611 e. The highest BCUT2D eigenvalue weighted by Gasteiger charge is 2.27. The number of aliphatic hydroxyl groups is 1. The van der Waals surface area contributed by atoms with Crippen molar-refractivity contribution in [1.29, 1.82) is 0 Å². The molecule has 0 bridgehead atoms. The maximum atomic E-state index is 9.15. The molecule has 0 radical (unpaired) electrons. The minimum Gasteiger partial charge on any atom is -0.394 e. The number of aliphatic hydroxyl groups excluding tert-OH is 1. The molecule has 1 atom stereocenters. The van der Waals surface area contributed by atoms with Gasteiger partial charge in [0.1, 0.15) is 0 Å². The van der Waals surface area contributed by atoms with Gasteiger partial charge in [-0.15, -0.1) is 0 Å². The Morgan fingerprint density at radius 2 is 2.15 bits per heavy atom. The fraction of sp³-hybridized carbons (Fsp3) is 1.00. The Balaban J connectivity index is 2.39. The zero-order chi connectivity index (χ0) is 9.73. The summed E-state index contributed by atoms with van der Waals surface area (Å²) in [6, 6.07) is 0. The molecule has 3 N–H and O–H groups in total. The molecule has 1 rings (SSSR count). The Morgan fingerprint density at radius 1 is 1.38 bits per heavy atom. The Bertz CT molecular complexity index is 152. The Hall–Kier alpha value is -0.120. The van der Waals surface area contributed by atoms with Crippen LogP contribution in [0.2, 0.25) is 0 Å². The lowest BCUT2D eigenvalue weighted by Crippen LogP contribution is -2.44. The maximum absolute atomic E-state index is 9.15. The predicted molar refractivity (Wildman–Crippen MR) is 54.6 cm³/mol. The van der Waals surface area contributed by atoms with Crippen LogP contribution in [-0.2, 0) is 0 Å². The van der Waals surface area contributed by atoms with Gasteiger partial charge in [-0.1, -0.05) is 6.92 Å². The van der Waals surface area contributed by atoms with Crippen LogP contribution in [0.25, 0.3) is 0 Å². The Morgan fingerprint density at radius 3 is 2.77 bits per heavy atom. The molecule has 78 valence electrons. The topological polar surface area (TPSA) is 49.5 Å². The van der Waals surface area contributed by atoms with Crippen LogP contribution in [0.15, 0.2) is 0 Å². The molecule has 1 aliphatic heterocycles. The molecule has 13 heavy (non-hydrogen) atoms. The summed E-state index contributed by atoms with van der Waals surface area (Å²) >= 11 is 0. The lowest BCUT2D eigenvalue weighted by Gasteiger charge is -2.25. The Labute approximate surface area is 80.9 Å². The van der Waals surface area contributed by atoms with Gasteiger partial charge in [0, 0.05) is 5.54 Å². The third-order valence-electron chi connectivity index (χ3n) is 2.93. The summed E-state index contributed by atoms with van der Waals surface area (Å²) in [5, 5.41) is 9.15. The van der Waals surface area contributed by atoms with E-state index in [0.29, 0.717) is 0 Å². The standard InChI is InChI=1S/C10H22N2O/c1-2-6-12-7-3-4-10(11,9-13)5-8-12/h13H,2-9,11H2,1H3. The minimum absolute atomic E-state index is 0.132. The van der Waals surface area contributed by atoms with Crippen molar-refractivity contribution in [2.24, 2.45) is 5.73 Å². The summed E-state index contributed by atoms with van der Waals surface area (Å²) in [5.41, 5.74) is 5.74. The molecule has 1 aliphatic rings. The van der Waals surface area contributed by atoms with Crippen molar-refractivity contribution in [2.75, 3.05) is 26.2 Å². The first-order valence-corrected chi connectivity index (χ1v) is 5.32. The van der Waals surface area contributed by atoms with E-state index in [1.165, 1.54) is 13.0 Å². The number of hydrogen-bond acceptors (Lipinski definition) is 3. The molecule has 0 saturated carbocycles. The highest BCUT2D eigenvalue weighted by molar-refractivity contribution is 4.87. The molecule has 0 aromatic carbocycles. The molecule has 3 nitrogen and oxygen atoms in total. The average Bonchev–Trinajstić information content (AvgIpc) is 2.31. The van der Waals surface area contributed by atoms with E-state index in [-0.39, 0.29) is 12.1 Å². The highest BCUT2D eigenvalue weighted by Crippen LogP contribution is 2.19. The van der Waals surface area contributed by atoms with Gasteiger partial charge in [0.25, 0.3) is 0 Å². The van der Waals surface area contributed by atoms with E-state index in [0.717, 1.165) is 32.4 Å². The molecular weight excluding hydrogens is 164 g/mol. The van der Waals surface area contributed by atoms with Gasteiger partial charge in [0.2, 0.25) is 0 Å². The predicted octanol–water partition coefficient (Wildman–Crippen LogP) is 0.572. The van der Waals surface area contributed by atoms with Gasteiger partial charge in [0.15, 0.2) is 0 Å². The smallest absolute Gasteiger partial charge is 0.0611 e. The number of nitrogens with zero attached hydrogens (tertiary/aromatic N) is 1. The van der Waals surface area contributed by atoms with Gasteiger partial charge in [-0.2, -0.15) is 0 Å². The SMILES string of the molecule is CCCN1CCCC(N)(CO)CC1. The summed E-state index contributed by atoms with van der Waals surface area (Å²) in [5.74, 6) is 0. The molecule has 1 unspecified atom stereocenters. The third kappa shape index (κ3) is 3.25. The largest absolute Gasteiger partial charge is 0.394 e. The first kappa shape index (κ1) is 11.0. The van der Waals surface area contributed by atoms with Crippen molar-refractivity contribution in [2.45, 2.75) is 38.1 Å². The van der Waals surface area contributed by atoms with Gasteiger partial charge >= 0.3 is 0 Å². The van der Waals surface area contributed by atoms with E-state index in [9.17, 15) is 0 Å². The van der Waals surface area contributed by atoms with E-state index in [2.05, 4.69) is 11.8 Å². The molecule has 0 aromatic heterocycles. The molecule has 0 amide bonds. The van der Waals surface area contributed by atoms with Crippen molar-refractivity contribution in [1.82, 2.24) is 4.90 Å². The first-order chi connectivity index (χ1) is 6.20. The lowest BCUT2D eigenvalue weighted by atomic mass is 9.93. The number of nitrogens with two attached hydrogens (primary N) is 1. The lowest BCUT2D eigenvalue weighted by molar-refractivity contribution is 0.177. The summed E-state index contributed by atoms with van der Waals surface area (Å²) in [6.07, 6.45) is 4.22. The molecular formula is C10H22N2O. The Kier molecular flexibility index (Phi) is 4.16. The number of rotatable bonds is 3. The fourth-order valence-electron chi connectivity index (χ4n) is 1.97. The molecule has 1 saturated heterocycles. The van der Waals surface area contributed by atoms with Crippen LogP contribution in [0.4, 0.5) is 0 Å². The fourth-order valence-corrected chi connectivity index (χ4v) is 1.97. The molecule has 1 fully saturated rings. The first-order valence-electron chi connectivity index (χ1n) is 5.32. The molecule has 0 aromatic rings. The third-order valence-corrected chi connectivity index (χ3v) is 2.93.